The monoisotopic (exact) mass is 239 g/mol. The quantitative estimate of drug-likeness (QED) is 0.674. The van der Waals surface area contributed by atoms with Crippen LogP contribution in [0.5, 0.6) is 0 Å². The predicted molar refractivity (Wildman–Crippen MR) is 58.9 cm³/mol. The zero-order chi connectivity index (χ0) is 9.42. The summed E-state index contributed by atoms with van der Waals surface area (Å²) in [4.78, 5) is 2.38. The first-order chi connectivity index (χ1) is 6.16. The van der Waals surface area contributed by atoms with E-state index in [4.69, 9.17) is 0 Å². The van der Waals surface area contributed by atoms with Gasteiger partial charge in [-0.3, -0.25) is 0 Å². The fraction of sp³-hybridized carbons (Fsp3) is 0.455. The Morgan fingerprint density at radius 3 is 2.92 bits per heavy atom. The summed E-state index contributed by atoms with van der Waals surface area (Å²) in [6.07, 6.45) is 1.19. The van der Waals surface area contributed by atoms with Gasteiger partial charge in [-0.1, -0.05) is 15.9 Å². The molecule has 0 aromatic heterocycles. The summed E-state index contributed by atoms with van der Waals surface area (Å²) in [7, 11) is 2.18. The van der Waals surface area contributed by atoms with Crippen LogP contribution in [0.15, 0.2) is 16.6 Å². The van der Waals surface area contributed by atoms with Gasteiger partial charge in [0.15, 0.2) is 0 Å². The first kappa shape index (κ1) is 9.22. The SMILES string of the molecule is Cc1cc(Br)cc2c1CN(C)CC2. The Bertz CT molecular complexity index is 333. The number of halogens is 1. The van der Waals surface area contributed by atoms with Crippen LogP contribution in [0, 0.1) is 6.92 Å². The van der Waals surface area contributed by atoms with Crippen molar-refractivity contribution < 1.29 is 0 Å². The number of likely N-dealkylation sites (N-methyl/N-ethyl adjacent to an activating group) is 1. The molecule has 0 spiro atoms. The lowest BCUT2D eigenvalue weighted by atomic mass is 9.96. The van der Waals surface area contributed by atoms with Gasteiger partial charge in [0.1, 0.15) is 0 Å². The van der Waals surface area contributed by atoms with Crippen molar-refractivity contribution in [2.45, 2.75) is 19.9 Å². The van der Waals surface area contributed by atoms with E-state index in [9.17, 15) is 0 Å². The Kier molecular flexibility index (Phi) is 2.43. The molecule has 13 heavy (non-hydrogen) atoms. The Balaban J connectivity index is 2.47. The van der Waals surface area contributed by atoms with E-state index in [1.807, 2.05) is 0 Å². The molecule has 1 aromatic carbocycles. The number of hydrogen-bond donors (Lipinski definition) is 0. The normalized spacial score (nSPS) is 17.2. The van der Waals surface area contributed by atoms with Crippen LogP contribution < -0.4 is 0 Å². The van der Waals surface area contributed by atoms with E-state index in [-0.39, 0.29) is 0 Å². The van der Waals surface area contributed by atoms with Gasteiger partial charge >= 0.3 is 0 Å². The molecule has 2 heteroatoms. The summed E-state index contributed by atoms with van der Waals surface area (Å²) < 4.78 is 1.22. The minimum Gasteiger partial charge on any atom is -0.302 e. The molecule has 70 valence electrons. The van der Waals surface area contributed by atoms with Crippen LogP contribution in [-0.4, -0.2) is 18.5 Å². The molecule has 1 aliphatic heterocycles. The molecular formula is C11H14BrN. The molecule has 0 radical (unpaired) electrons. The minimum absolute atomic E-state index is 1.11. The van der Waals surface area contributed by atoms with Gasteiger partial charge in [-0.05, 0) is 49.2 Å². The summed E-state index contributed by atoms with van der Waals surface area (Å²) >= 11 is 3.54. The number of nitrogens with zero attached hydrogens (tertiary/aromatic N) is 1. The predicted octanol–water partition coefficient (Wildman–Crippen LogP) is 2.75. The smallest absolute Gasteiger partial charge is 0.0236 e. The second kappa shape index (κ2) is 3.43. The molecule has 0 bridgehead atoms. The van der Waals surface area contributed by atoms with Crippen molar-refractivity contribution in [1.29, 1.82) is 0 Å². The second-order valence-electron chi connectivity index (χ2n) is 3.85. The van der Waals surface area contributed by atoms with Gasteiger partial charge in [0.05, 0.1) is 0 Å². The lowest BCUT2D eigenvalue weighted by molar-refractivity contribution is 0.312. The van der Waals surface area contributed by atoms with Gasteiger partial charge in [0.25, 0.3) is 0 Å². The summed E-state index contributed by atoms with van der Waals surface area (Å²) in [5.41, 5.74) is 4.46. The van der Waals surface area contributed by atoms with Crippen molar-refractivity contribution in [3.05, 3.63) is 33.3 Å². The maximum atomic E-state index is 3.54. The molecule has 1 aliphatic rings. The highest BCUT2D eigenvalue weighted by Crippen LogP contribution is 2.25. The molecule has 2 rings (SSSR count). The molecule has 0 unspecified atom stereocenters. The van der Waals surface area contributed by atoms with E-state index in [1.54, 1.807) is 0 Å². The Morgan fingerprint density at radius 2 is 2.15 bits per heavy atom. The molecule has 0 aliphatic carbocycles. The molecule has 0 saturated heterocycles. The van der Waals surface area contributed by atoms with E-state index in [0.717, 1.165) is 6.54 Å². The lowest BCUT2D eigenvalue weighted by Gasteiger charge is -2.26. The van der Waals surface area contributed by atoms with Crippen molar-refractivity contribution in [1.82, 2.24) is 4.90 Å². The molecular weight excluding hydrogens is 226 g/mol. The molecule has 1 aromatic rings. The average Bonchev–Trinajstić information content (AvgIpc) is 2.06. The lowest BCUT2D eigenvalue weighted by Crippen LogP contribution is -2.27. The summed E-state index contributed by atoms with van der Waals surface area (Å²) in [5, 5.41) is 0. The van der Waals surface area contributed by atoms with Gasteiger partial charge in [-0.2, -0.15) is 0 Å². The molecule has 0 amide bonds. The first-order valence-corrected chi connectivity index (χ1v) is 5.42. The van der Waals surface area contributed by atoms with Gasteiger partial charge in [0.2, 0.25) is 0 Å². The number of rotatable bonds is 0. The average molecular weight is 240 g/mol. The fourth-order valence-corrected chi connectivity index (χ4v) is 2.57. The Morgan fingerprint density at radius 1 is 1.38 bits per heavy atom. The topological polar surface area (TPSA) is 3.24 Å². The van der Waals surface area contributed by atoms with Crippen LogP contribution in [-0.2, 0) is 13.0 Å². The largest absolute Gasteiger partial charge is 0.302 e. The van der Waals surface area contributed by atoms with Crippen LogP contribution in [0.4, 0.5) is 0 Å². The van der Waals surface area contributed by atoms with Crippen LogP contribution in [0.3, 0.4) is 0 Å². The molecule has 1 nitrogen and oxygen atoms in total. The molecule has 0 N–H and O–H groups in total. The standard InChI is InChI=1S/C11H14BrN/c1-8-5-10(12)6-9-3-4-13(2)7-11(8)9/h5-6H,3-4,7H2,1-2H3. The molecule has 0 atom stereocenters. The maximum Gasteiger partial charge on any atom is 0.0236 e. The van der Waals surface area contributed by atoms with Gasteiger partial charge in [-0.25, -0.2) is 0 Å². The van der Waals surface area contributed by atoms with Crippen molar-refractivity contribution in [2.24, 2.45) is 0 Å². The van der Waals surface area contributed by atoms with E-state index >= 15 is 0 Å². The maximum absolute atomic E-state index is 3.54. The summed E-state index contributed by atoms with van der Waals surface area (Å²) in [5.74, 6) is 0. The highest BCUT2D eigenvalue weighted by atomic mass is 79.9. The van der Waals surface area contributed by atoms with Crippen LogP contribution >= 0.6 is 15.9 Å². The Labute approximate surface area is 87.9 Å². The zero-order valence-corrected chi connectivity index (χ0v) is 9.69. The number of fused-ring (bicyclic) bond motifs is 1. The number of hydrogen-bond acceptors (Lipinski definition) is 1. The van der Waals surface area contributed by atoms with E-state index in [2.05, 4.69) is 46.9 Å². The van der Waals surface area contributed by atoms with Gasteiger partial charge < -0.3 is 4.90 Å². The number of benzene rings is 1. The van der Waals surface area contributed by atoms with E-state index in [0.29, 0.717) is 0 Å². The van der Waals surface area contributed by atoms with Crippen LogP contribution in [0.1, 0.15) is 16.7 Å². The van der Waals surface area contributed by atoms with Crippen molar-refractivity contribution in [3.8, 4) is 0 Å². The highest BCUT2D eigenvalue weighted by molar-refractivity contribution is 9.10. The summed E-state index contributed by atoms with van der Waals surface area (Å²) in [6.45, 7) is 4.49. The minimum atomic E-state index is 1.11. The van der Waals surface area contributed by atoms with Gasteiger partial charge in [0, 0.05) is 17.6 Å². The second-order valence-corrected chi connectivity index (χ2v) is 4.76. The molecule has 0 fully saturated rings. The first-order valence-electron chi connectivity index (χ1n) is 4.63. The van der Waals surface area contributed by atoms with Crippen LogP contribution in [0.2, 0.25) is 0 Å². The van der Waals surface area contributed by atoms with Crippen molar-refractivity contribution >= 4 is 15.9 Å². The zero-order valence-electron chi connectivity index (χ0n) is 8.10. The Hall–Kier alpha value is -0.340. The summed E-state index contributed by atoms with van der Waals surface area (Å²) in [6, 6.07) is 4.47. The molecule has 1 heterocycles. The van der Waals surface area contributed by atoms with E-state index in [1.165, 1.54) is 34.1 Å². The van der Waals surface area contributed by atoms with Gasteiger partial charge in [-0.15, -0.1) is 0 Å². The highest BCUT2D eigenvalue weighted by Gasteiger charge is 2.15. The molecule has 0 saturated carbocycles. The third-order valence-electron chi connectivity index (χ3n) is 2.72. The van der Waals surface area contributed by atoms with Crippen LogP contribution in [0.25, 0.3) is 0 Å². The third-order valence-corrected chi connectivity index (χ3v) is 3.18. The van der Waals surface area contributed by atoms with Crippen molar-refractivity contribution in [3.63, 3.8) is 0 Å². The fourth-order valence-electron chi connectivity index (χ4n) is 1.95. The van der Waals surface area contributed by atoms with Crippen molar-refractivity contribution in [2.75, 3.05) is 13.6 Å². The number of aryl methyl sites for hydroxylation is 1. The third kappa shape index (κ3) is 1.79. The van der Waals surface area contributed by atoms with E-state index < -0.39 is 0 Å².